The van der Waals surface area contributed by atoms with Gasteiger partial charge in [0.25, 0.3) is 0 Å². The minimum atomic E-state index is 0.257. The summed E-state index contributed by atoms with van der Waals surface area (Å²) in [5.41, 5.74) is 6.35. The van der Waals surface area contributed by atoms with Gasteiger partial charge in [-0.2, -0.15) is 11.3 Å². The summed E-state index contributed by atoms with van der Waals surface area (Å²) < 4.78 is 5.41. The van der Waals surface area contributed by atoms with Crippen molar-refractivity contribution in [3.63, 3.8) is 0 Å². The Kier molecular flexibility index (Phi) is 4.13. The van der Waals surface area contributed by atoms with E-state index < -0.39 is 0 Å². The Morgan fingerprint density at radius 3 is 2.11 bits per heavy atom. The predicted molar refractivity (Wildman–Crippen MR) is 82.3 cm³/mol. The number of alkyl halides is 1. The van der Waals surface area contributed by atoms with Gasteiger partial charge in [-0.05, 0) is 59.3 Å². The van der Waals surface area contributed by atoms with Crippen molar-refractivity contribution in [3.05, 3.63) is 50.7 Å². The lowest BCUT2D eigenvalue weighted by Crippen LogP contribution is -1.98. The van der Waals surface area contributed by atoms with E-state index in [2.05, 4.69) is 59.6 Å². The topological polar surface area (TPSA) is 9.23 Å². The molecule has 0 N–H and O–H groups in total. The summed E-state index contributed by atoms with van der Waals surface area (Å²) in [5, 5.41) is 4.40. The van der Waals surface area contributed by atoms with E-state index in [1.54, 1.807) is 18.4 Å². The maximum absolute atomic E-state index is 5.41. The molecule has 0 aliphatic rings. The molecular weight excluding hydrogens is 308 g/mol. The Labute approximate surface area is 121 Å². The van der Waals surface area contributed by atoms with E-state index in [1.807, 2.05) is 0 Å². The van der Waals surface area contributed by atoms with Crippen molar-refractivity contribution in [1.29, 1.82) is 0 Å². The maximum atomic E-state index is 5.41. The Hall–Kier alpha value is -0.800. The zero-order valence-corrected chi connectivity index (χ0v) is 13.5. The highest BCUT2D eigenvalue weighted by Crippen LogP contribution is 2.37. The number of methoxy groups -OCH3 is 1. The average Bonchev–Trinajstić information content (AvgIpc) is 2.74. The van der Waals surface area contributed by atoms with Crippen LogP contribution in [0.2, 0.25) is 0 Å². The van der Waals surface area contributed by atoms with Crippen molar-refractivity contribution in [2.45, 2.75) is 25.6 Å². The maximum Gasteiger partial charge on any atom is 0.124 e. The third kappa shape index (κ3) is 2.47. The van der Waals surface area contributed by atoms with Gasteiger partial charge in [0.1, 0.15) is 5.75 Å². The van der Waals surface area contributed by atoms with Crippen LogP contribution in [0.4, 0.5) is 0 Å². The lowest BCUT2D eigenvalue weighted by molar-refractivity contribution is 0.408. The highest BCUT2D eigenvalue weighted by Gasteiger charge is 2.16. The van der Waals surface area contributed by atoms with E-state index in [9.17, 15) is 0 Å². The lowest BCUT2D eigenvalue weighted by Gasteiger charge is -2.15. The number of halogens is 1. The van der Waals surface area contributed by atoms with Gasteiger partial charge in [-0.25, -0.2) is 0 Å². The second-order valence-electron chi connectivity index (χ2n) is 4.56. The van der Waals surface area contributed by atoms with Crippen molar-refractivity contribution in [1.82, 2.24) is 0 Å². The Morgan fingerprint density at radius 1 is 1.06 bits per heavy atom. The fraction of sp³-hybridized carbons (Fsp3) is 0.333. The Balaban J connectivity index is 2.43. The third-order valence-electron chi connectivity index (χ3n) is 3.15. The van der Waals surface area contributed by atoms with Crippen LogP contribution in [0.25, 0.3) is 0 Å². The molecule has 1 atom stereocenters. The number of hydrogen-bond acceptors (Lipinski definition) is 2. The first-order valence-electron chi connectivity index (χ1n) is 5.86. The van der Waals surface area contributed by atoms with Crippen molar-refractivity contribution in [2.75, 3.05) is 7.11 Å². The number of benzene rings is 1. The van der Waals surface area contributed by atoms with Crippen molar-refractivity contribution < 1.29 is 4.74 Å². The second-order valence-corrected chi connectivity index (χ2v) is 6.22. The molecule has 0 saturated carbocycles. The van der Waals surface area contributed by atoms with Gasteiger partial charge in [-0.15, -0.1) is 0 Å². The molecule has 3 heteroatoms. The fourth-order valence-electron chi connectivity index (χ4n) is 2.26. The minimum Gasteiger partial charge on any atom is -0.496 e. The van der Waals surface area contributed by atoms with E-state index in [-0.39, 0.29) is 4.83 Å². The molecule has 0 radical (unpaired) electrons. The molecule has 18 heavy (non-hydrogen) atoms. The van der Waals surface area contributed by atoms with Gasteiger partial charge in [0, 0.05) is 0 Å². The zero-order valence-electron chi connectivity index (χ0n) is 11.1. The molecule has 1 aromatic carbocycles. The molecule has 0 spiro atoms. The third-order valence-corrected chi connectivity index (χ3v) is 5.05. The zero-order chi connectivity index (χ0) is 13.3. The summed E-state index contributed by atoms with van der Waals surface area (Å²) in [7, 11) is 1.73. The quantitative estimate of drug-likeness (QED) is 0.708. The highest BCUT2D eigenvalue weighted by atomic mass is 79.9. The number of rotatable bonds is 3. The molecule has 1 unspecified atom stereocenters. The monoisotopic (exact) mass is 324 g/mol. The van der Waals surface area contributed by atoms with E-state index in [0.717, 1.165) is 5.75 Å². The molecular formula is C15H17BrOS. The molecule has 0 bridgehead atoms. The molecule has 0 fully saturated rings. The minimum absolute atomic E-state index is 0.257. The van der Waals surface area contributed by atoms with Crippen LogP contribution in [0.15, 0.2) is 22.9 Å². The largest absolute Gasteiger partial charge is 0.496 e. The molecule has 2 aromatic rings. The van der Waals surface area contributed by atoms with Gasteiger partial charge in [-0.1, -0.05) is 28.1 Å². The fourth-order valence-corrected chi connectivity index (χ4v) is 4.07. The van der Waals surface area contributed by atoms with Crippen LogP contribution in [0, 0.1) is 20.8 Å². The van der Waals surface area contributed by atoms with Crippen LogP contribution < -0.4 is 4.74 Å². The van der Waals surface area contributed by atoms with E-state index >= 15 is 0 Å². The van der Waals surface area contributed by atoms with Gasteiger partial charge < -0.3 is 4.74 Å². The number of aryl methyl sites for hydroxylation is 3. The van der Waals surface area contributed by atoms with E-state index in [1.165, 1.54) is 27.8 Å². The summed E-state index contributed by atoms with van der Waals surface area (Å²) in [5.74, 6) is 0.987. The SMILES string of the molecule is COc1c(C)cc(C(Br)c2cscc2C)cc1C. The molecule has 1 aromatic heterocycles. The summed E-state index contributed by atoms with van der Waals surface area (Å²) in [6, 6.07) is 4.39. The summed E-state index contributed by atoms with van der Waals surface area (Å²) in [4.78, 5) is 0.257. The van der Waals surface area contributed by atoms with E-state index in [4.69, 9.17) is 4.74 Å². The number of thiophene rings is 1. The van der Waals surface area contributed by atoms with Crippen LogP contribution in [0.3, 0.4) is 0 Å². The molecule has 96 valence electrons. The smallest absolute Gasteiger partial charge is 0.124 e. The molecule has 0 amide bonds. The normalized spacial score (nSPS) is 12.5. The lowest BCUT2D eigenvalue weighted by atomic mass is 9.99. The number of hydrogen-bond donors (Lipinski definition) is 0. The second kappa shape index (κ2) is 5.45. The summed E-state index contributed by atoms with van der Waals surface area (Å²) in [6.45, 7) is 6.34. The first-order chi connectivity index (χ1) is 8.54. The Morgan fingerprint density at radius 2 is 1.67 bits per heavy atom. The van der Waals surface area contributed by atoms with Crippen molar-refractivity contribution >= 4 is 27.3 Å². The molecule has 0 aliphatic carbocycles. The van der Waals surface area contributed by atoms with Crippen LogP contribution in [-0.4, -0.2) is 7.11 Å². The van der Waals surface area contributed by atoms with Crippen molar-refractivity contribution in [3.8, 4) is 5.75 Å². The molecule has 2 rings (SSSR count). The number of ether oxygens (including phenoxy) is 1. The highest BCUT2D eigenvalue weighted by molar-refractivity contribution is 9.09. The first kappa shape index (κ1) is 13.6. The summed E-state index contributed by atoms with van der Waals surface area (Å²) in [6.07, 6.45) is 0. The predicted octanol–water partition coefficient (Wildman–Crippen LogP) is 5.17. The van der Waals surface area contributed by atoms with Crippen LogP contribution in [0.5, 0.6) is 5.75 Å². The van der Waals surface area contributed by atoms with Gasteiger partial charge in [0.05, 0.1) is 11.9 Å². The van der Waals surface area contributed by atoms with Gasteiger partial charge in [0.15, 0.2) is 0 Å². The Bertz CT molecular complexity index is 536. The average molecular weight is 325 g/mol. The molecule has 0 saturated heterocycles. The van der Waals surface area contributed by atoms with E-state index in [0.29, 0.717) is 0 Å². The van der Waals surface area contributed by atoms with Crippen LogP contribution in [0.1, 0.15) is 32.6 Å². The standard InChI is InChI=1S/C15H17BrOS/c1-9-5-12(6-10(2)15(9)17-4)14(16)13-8-18-7-11(13)3/h5-8,14H,1-4H3. The van der Waals surface area contributed by atoms with Gasteiger partial charge in [-0.3, -0.25) is 0 Å². The van der Waals surface area contributed by atoms with Crippen molar-refractivity contribution in [2.24, 2.45) is 0 Å². The molecule has 1 heterocycles. The molecule has 0 aliphatic heterocycles. The first-order valence-corrected chi connectivity index (χ1v) is 7.72. The van der Waals surface area contributed by atoms with Crippen LogP contribution >= 0.6 is 27.3 Å². The van der Waals surface area contributed by atoms with Gasteiger partial charge >= 0.3 is 0 Å². The molecule has 1 nitrogen and oxygen atoms in total. The van der Waals surface area contributed by atoms with Crippen LogP contribution in [-0.2, 0) is 0 Å². The summed E-state index contributed by atoms with van der Waals surface area (Å²) >= 11 is 5.56. The van der Waals surface area contributed by atoms with Gasteiger partial charge in [0.2, 0.25) is 0 Å².